The largest absolute Gasteiger partial charge is 0.493 e. The summed E-state index contributed by atoms with van der Waals surface area (Å²) in [4.78, 5) is 5.59. The number of nitriles is 1. The SMILES string of the molecule is Cc1oc(-c2cccs2)nc1CCOc1ccc(/C=C/C#N)cc1. The maximum Gasteiger partial charge on any atom is 0.236 e. The summed E-state index contributed by atoms with van der Waals surface area (Å²) >= 11 is 1.61. The van der Waals surface area contributed by atoms with Crippen LogP contribution >= 0.6 is 11.3 Å². The van der Waals surface area contributed by atoms with Crippen molar-refractivity contribution in [2.45, 2.75) is 13.3 Å². The molecule has 0 aliphatic heterocycles. The fraction of sp³-hybridized carbons (Fsp3) is 0.158. The van der Waals surface area contributed by atoms with Crippen molar-refractivity contribution < 1.29 is 9.15 Å². The molecule has 3 rings (SSSR count). The highest BCUT2D eigenvalue weighted by atomic mass is 32.1. The van der Waals surface area contributed by atoms with Crippen molar-refractivity contribution >= 4 is 17.4 Å². The van der Waals surface area contributed by atoms with E-state index in [0.29, 0.717) is 18.9 Å². The van der Waals surface area contributed by atoms with Crippen LogP contribution in [0.4, 0.5) is 0 Å². The zero-order valence-corrected chi connectivity index (χ0v) is 14.0. The average Bonchev–Trinajstić information content (AvgIpc) is 3.24. The molecule has 0 atom stereocenters. The van der Waals surface area contributed by atoms with Gasteiger partial charge in [-0.05, 0) is 42.1 Å². The van der Waals surface area contributed by atoms with Gasteiger partial charge in [-0.25, -0.2) is 4.98 Å². The molecule has 2 aromatic heterocycles. The molecule has 0 saturated carbocycles. The van der Waals surface area contributed by atoms with Crippen molar-refractivity contribution in [1.82, 2.24) is 4.98 Å². The van der Waals surface area contributed by atoms with Crippen LogP contribution in [-0.2, 0) is 6.42 Å². The Bertz CT molecular complexity index is 856. The molecular formula is C19H16N2O2S. The van der Waals surface area contributed by atoms with E-state index in [2.05, 4.69) is 4.98 Å². The highest BCUT2D eigenvalue weighted by molar-refractivity contribution is 7.13. The number of allylic oxidation sites excluding steroid dienone is 1. The van der Waals surface area contributed by atoms with E-state index in [9.17, 15) is 0 Å². The molecule has 0 fully saturated rings. The molecule has 0 amide bonds. The molecule has 0 unspecified atom stereocenters. The number of hydrogen-bond donors (Lipinski definition) is 0. The second kappa shape index (κ2) is 7.62. The van der Waals surface area contributed by atoms with E-state index in [1.807, 2.05) is 54.8 Å². The molecule has 0 saturated heterocycles. The number of aromatic nitrogens is 1. The summed E-state index contributed by atoms with van der Waals surface area (Å²) in [6.45, 7) is 2.46. The molecular weight excluding hydrogens is 320 g/mol. The van der Waals surface area contributed by atoms with Gasteiger partial charge in [0, 0.05) is 12.5 Å². The van der Waals surface area contributed by atoms with Gasteiger partial charge in [-0.3, -0.25) is 0 Å². The lowest BCUT2D eigenvalue weighted by Crippen LogP contribution is -2.02. The fourth-order valence-electron chi connectivity index (χ4n) is 2.24. The first-order chi connectivity index (χ1) is 11.8. The van der Waals surface area contributed by atoms with Gasteiger partial charge in [0.2, 0.25) is 5.89 Å². The highest BCUT2D eigenvalue weighted by Gasteiger charge is 2.12. The summed E-state index contributed by atoms with van der Waals surface area (Å²) in [7, 11) is 0. The maximum absolute atomic E-state index is 8.52. The molecule has 4 nitrogen and oxygen atoms in total. The Labute approximate surface area is 144 Å². The van der Waals surface area contributed by atoms with Crippen LogP contribution in [0.25, 0.3) is 16.8 Å². The Hall–Kier alpha value is -2.84. The summed E-state index contributed by atoms with van der Waals surface area (Å²) in [5.74, 6) is 2.30. The predicted octanol–water partition coefficient (Wildman–Crippen LogP) is 4.87. The van der Waals surface area contributed by atoms with Crippen molar-refractivity contribution in [3.8, 4) is 22.6 Å². The number of hydrogen-bond acceptors (Lipinski definition) is 5. The van der Waals surface area contributed by atoms with Gasteiger partial charge in [0.15, 0.2) is 0 Å². The van der Waals surface area contributed by atoms with Crippen LogP contribution in [0, 0.1) is 18.3 Å². The molecule has 0 radical (unpaired) electrons. The van der Waals surface area contributed by atoms with Gasteiger partial charge in [0.25, 0.3) is 0 Å². The summed E-state index contributed by atoms with van der Waals surface area (Å²) in [6.07, 6.45) is 3.90. The van der Waals surface area contributed by atoms with Crippen molar-refractivity contribution in [2.75, 3.05) is 6.61 Å². The van der Waals surface area contributed by atoms with E-state index in [1.54, 1.807) is 17.4 Å². The van der Waals surface area contributed by atoms with Crippen LogP contribution < -0.4 is 4.74 Å². The minimum Gasteiger partial charge on any atom is -0.493 e. The van der Waals surface area contributed by atoms with Gasteiger partial charge in [-0.2, -0.15) is 5.26 Å². The third kappa shape index (κ3) is 3.92. The standard InChI is InChI=1S/C19H16N2O2S/c1-14-17(21-19(23-14)18-5-3-13-24-18)10-12-22-16-8-6-15(7-9-16)4-2-11-20/h2-9,13H,10,12H2,1H3/b4-2+. The molecule has 0 bridgehead atoms. The van der Waals surface area contributed by atoms with Crippen molar-refractivity contribution in [3.63, 3.8) is 0 Å². The Morgan fingerprint density at radius 3 is 2.83 bits per heavy atom. The molecule has 0 aliphatic rings. The summed E-state index contributed by atoms with van der Waals surface area (Å²) < 4.78 is 11.5. The van der Waals surface area contributed by atoms with Gasteiger partial charge in [-0.1, -0.05) is 18.2 Å². The predicted molar refractivity (Wildman–Crippen MR) is 94.8 cm³/mol. The van der Waals surface area contributed by atoms with Gasteiger partial charge in [0.05, 0.1) is 23.2 Å². The molecule has 0 aliphatic carbocycles. The van der Waals surface area contributed by atoms with E-state index in [0.717, 1.165) is 27.6 Å². The summed E-state index contributed by atoms with van der Waals surface area (Å²) in [5, 5.41) is 10.5. The molecule has 2 heterocycles. The number of aryl methyl sites for hydroxylation is 1. The lowest BCUT2D eigenvalue weighted by atomic mass is 10.2. The number of ether oxygens (including phenoxy) is 1. The van der Waals surface area contributed by atoms with Crippen LogP contribution in [0.5, 0.6) is 5.75 Å². The average molecular weight is 336 g/mol. The van der Waals surface area contributed by atoms with Gasteiger partial charge >= 0.3 is 0 Å². The Morgan fingerprint density at radius 1 is 1.29 bits per heavy atom. The fourth-order valence-corrected chi connectivity index (χ4v) is 2.89. The van der Waals surface area contributed by atoms with Crippen LogP contribution in [-0.4, -0.2) is 11.6 Å². The molecule has 0 N–H and O–H groups in total. The number of thiophene rings is 1. The molecule has 24 heavy (non-hydrogen) atoms. The van der Waals surface area contributed by atoms with E-state index >= 15 is 0 Å². The maximum atomic E-state index is 8.52. The Kier molecular flexibility index (Phi) is 5.09. The lowest BCUT2D eigenvalue weighted by Gasteiger charge is -2.05. The van der Waals surface area contributed by atoms with Crippen LogP contribution in [0.15, 0.2) is 52.3 Å². The van der Waals surface area contributed by atoms with E-state index in [4.69, 9.17) is 14.4 Å². The smallest absolute Gasteiger partial charge is 0.236 e. The lowest BCUT2D eigenvalue weighted by molar-refractivity contribution is 0.320. The molecule has 3 aromatic rings. The van der Waals surface area contributed by atoms with Crippen molar-refractivity contribution in [2.24, 2.45) is 0 Å². The van der Waals surface area contributed by atoms with Crippen molar-refractivity contribution in [1.29, 1.82) is 5.26 Å². The number of benzene rings is 1. The first-order valence-corrected chi connectivity index (χ1v) is 8.43. The first-order valence-electron chi connectivity index (χ1n) is 7.55. The van der Waals surface area contributed by atoms with Gasteiger partial charge < -0.3 is 9.15 Å². The van der Waals surface area contributed by atoms with E-state index in [1.165, 1.54) is 6.08 Å². The third-order valence-electron chi connectivity index (χ3n) is 3.46. The quantitative estimate of drug-likeness (QED) is 0.603. The molecule has 5 heteroatoms. The monoisotopic (exact) mass is 336 g/mol. The van der Waals surface area contributed by atoms with Crippen molar-refractivity contribution in [3.05, 3.63) is 64.9 Å². The van der Waals surface area contributed by atoms with E-state index in [-0.39, 0.29) is 0 Å². The highest BCUT2D eigenvalue weighted by Crippen LogP contribution is 2.26. The normalized spacial score (nSPS) is 10.8. The second-order valence-corrected chi connectivity index (χ2v) is 6.08. The minimum absolute atomic E-state index is 0.532. The number of rotatable bonds is 6. The van der Waals surface area contributed by atoms with Gasteiger partial charge in [0.1, 0.15) is 11.5 Å². The third-order valence-corrected chi connectivity index (χ3v) is 4.32. The summed E-state index contributed by atoms with van der Waals surface area (Å²) in [5.41, 5.74) is 1.89. The number of nitrogens with zero attached hydrogens (tertiary/aromatic N) is 2. The second-order valence-electron chi connectivity index (χ2n) is 5.13. The Morgan fingerprint density at radius 2 is 2.12 bits per heavy atom. The zero-order chi connectivity index (χ0) is 16.8. The van der Waals surface area contributed by atoms with Crippen LogP contribution in [0.3, 0.4) is 0 Å². The van der Waals surface area contributed by atoms with Gasteiger partial charge in [-0.15, -0.1) is 11.3 Å². The molecule has 120 valence electrons. The van der Waals surface area contributed by atoms with Crippen LogP contribution in [0.2, 0.25) is 0 Å². The zero-order valence-electron chi connectivity index (χ0n) is 13.2. The van der Waals surface area contributed by atoms with E-state index < -0.39 is 0 Å². The van der Waals surface area contributed by atoms with Crippen LogP contribution in [0.1, 0.15) is 17.0 Å². The summed E-state index contributed by atoms with van der Waals surface area (Å²) in [6, 6.07) is 13.6. The molecule has 0 spiro atoms. The minimum atomic E-state index is 0.532. The Balaban J connectivity index is 1.57. The topological polar surface area (TPSA) is 59.1 Å². The first kappa shape index (κ1) is 16.0. The number of oxazole rings is 1. The molecule has 1 aromatic carbocycles.